The first-order valence-corrected chi connectivity index (χ1v) is 6.86. The third-order valence-electron chi connectivity index (χ3n) is 3.21. The number of ketones is 1. The Labute approximate surface area is 134 Å². The molecule has 8 heteroatoms. The summed E-state index contributed by atoms with van der Waals surface area (Å²) >= 11 is 0. The zero-order valence-corrected chi connectivity index (χ0v) is 12.2. The third-order valence-corrected chi connectivity index (χ3v) is 3.21. The number of aliphatic hydroxyl groups is 1. The normalized spacial score (nSPS) is 11.7. The van der Waals surface area contributed by atoms with Gasteiger partial charge in [-0.25, -0.2) is 13.8 Å². The number of carbonyl (C=O) groups is 1. The van der Waals surface area contributed by atoms with Crippen LogP contribution in [0.1, 0.15) is 27.7 Å². The number of aromatic nitrogens is 3. The van der Waals surface area contributed by atoms with E-state index in [2.05, 4.69) is 15.2 Å². The molecular formula is C16H11F2N3O3. The van der Waals surface area contributed by atoms with Crippen LogP contribution in [0.4, 0.5) is 8.78 Å². The van der Waals surface area contributed by atoms with Gasteiger partial charge >= 0.3 is 0 Å². The summed E-state index contributed by atoms with van der Waals surface area (Å²) in [7, 11) is 0. The zero-order valence-electron chi connectivity index (χ0n) is 12.2. The van der Waals surface area contributed by atoms with Gasteiger partial charge in [0.25, 0.3) is 0 Å². The fraction of sp³-hybridized carbons (Fsp3) is 0.0625. The molecular weight excluding hydrogens is 320 g/mol. The molecule has 0 aliphatic heterocycles. The molecule has 2 N–H and O–H groups in total. The smallest absolute Gasteiger partial charge is 0.224 e. The van der Waals surface area contributed by atoms with Gasteiger partial charge in [0.15, 0.2) is 17.3 Å². The molecule has 122 valence electrons. The Balaban J connectivity index is 1.75. The van der Waals surface area contributed by atoms with Crippen LogP contribution in [-0.2, 0) is 6.42 Å². The molecule has 0 saturated heterocycles. The van der Waals surface area contributed by atoms with Crippen LogP contribution >= 0.6 is 0 Å². The van der Waals surface area contributed by atoms with Gasteiger partial charge in [-0.1, -0.05) is 6.07 Å². The van der Waals surface area contributed by atoms with Crippen molar-refractivity contribution in [3.8, 4) is 0 Å². The summed E-state index contributed by atoms with van der Waals surface area (Å²) in [6.07, 6.45) is 2.19. The highest BCUT2D eigenvalue weighted by atomic mass is 19.1. The van der Waals surface area contributed by atoms with Gasteiger partial charge in [-0.3, -0.25) is 9.89 Å². The van der Waals surface area contributed by atoms with Crippen molar-refractivity contribution in [1.29, 1.82) is 0 Å². The van der Waals surface area contributed by atoms with Crippen molar-refractivity contribution >= 4 is 11.5 Å². The summed E-state index contributed by atoms with van der Waals surface area (Å²) in [5.74, 6) is -1.99. The molecule has 3 aromatic rings. The lowest BCUT2D eigenvalue weighted by molar-refractivity contribution is 0.101. The summed E-state index contributed by atoms with van der Waals surface area (Å²) in [5.41, 5.74) is 0.241. The SMILES string of the molecule is O=C(/C=C(\O)c1ncn[nH]1)c1ccc(Cc2ccc(F)cc2F)o1. The van der Waals surface area contributed by atoms with E-state index in [4.69, 9.17) is 4.42 Å². The standard InChI is InChI=1S/C16H11F2N3O3/c17-10-2-1-9(12(18)6-10)5-11-3-4-15(24-11)13(22)7-14(23)16-19-8-20-21-16/h1-4,6-8,23H,5H2,(H,19,20,21)/b14-7-. The predicted molar refractivity (Wildman–Crippen MR) is 79.2 cm³/mol. The molecule has 0 aliphatic carbocycles. The predicted octanol–water partition coefficient (Wildman–Crippen LogP) is 3.05. The molecule has 0 atom stereocenters. The Bertz CT molecular complexity index is 901. The highest BCUT2D eigenvalue weighted by Crippen LogP contribution is 2.18. The Hall–Kier alpha value is -3.29. The van der Waals surface area contributed by atoms with E-state index in [0.29, 0.717) is 5.76 Å². The molecule has 6 nitrogen and oxygen atoms in total. The van der Waals surface area contributed by atoms with Gasteiger partial charge in [0.1, 0.15) is 23.7 Å². The van der Waals surface area contributed by atoms with Crippen LogP contribution in [-0.4, -0.2) is 26.1 Å². The number of hydrogen-bond acceptors (Lipinski definition) is 5. The lowest BCUT2D eigenvalue weighted by Gasteiger charge is -2.00. The molecule has 0 unspecified atom stereocenters. The number of carbonyl (C=O) groups excluding carboxylic acids is 1. The van der Waals surface area contributed by atoms with Crippen LogP contribution in [0.3, 0.4) is 0 Å². The fourth-order valence-corrected chi connectivity index (χ4v) is 2.05. The second-order valence-electron chi connectivity index (χ2n) is 4.91. The van der Waals surface area contributed by atoms with E-state index in [0.717, 1.165) is 18.2 Å². The van der Waals surface area contributed by atoms with Crippen LogP contribution in [0.2, 0.25) is 0 Å². The first kappa shape index (κ1) is 15.6. The van der Waals surface area contributed by atoms with Crippen molar-refractivity contribution in [2.24, 2.45) is 0 Å². The summed E-state index contributed by atoms with van der Waals surface area (Å²) in [4.78, 5) is 15.7. The van der Waals surface area contributed by atoms with Crippen molar-refractivity contribution < 1.29 is 23.1 Å². The van der Waals surface area contributed by atoms with Crippen LogP contribution < -0.4 is 0 Å². The number of rotatable bonds is 5. The molecule has 1 aromatic carbocycles. The summed E-state index contributed by atoms with van der Waals surface area (Å²) in [6.45, 7) is 0. The van der Waals surface area contributed by atoms with Crippen LogP contribution in [0.25, 0.3) is 5.76 Å². The van der Waals surface area contributed by atoms with E-state index >= 15 is 0 Å². The van der Waals surface area contributed by atoms with Crippen LogP contribution in [0.5, 0.6) is 0 Å². The lowest BCUT2D eigenvalue weighted by Crippen LogP contribution is -1.96. The molecule has 3 rings (SSSR count). The molecule has 2 heterocycles. The minimum atomic E-state index is -0.692. The number of furan rings is 1. The van der Waals surface area contributed by atoms with Gasteiger partial charge in [0, 0.05) is 18.6 Å². The molecule has 0 amide bonds. The van der Waals surface area contributed by atoms with E-state index < -0.39 is 17.4 Å². The number of H-pyrrole nitrogens is 1. The molecule has 24 heavy (non-hydrogen) atoms. The monoisotopic (exact) mass is 331 g/mol. The molecule has 0 saturated carbocycles. The number of nitrogens with one attached hydrogen (secondary N) is 1. The van der Waals surface area contributed by atoms with E-state index in [1.165, 1.54) is 24.5 Å². The molecule has 0 bridgehead atoms. The van der Waals surface area contributed by atoms with E-state index in [-0.39, 0.29) is 29.3 Å². The van der Waals surface area contributed by atoms with E-state index in [1.54, 1.807) is 0 Å². The topological polar surface area (TPSA) is 92.0 Å². The van der Waals surface area contributed by atoms with Crippen molar-refractivity contribution in [3.63, 3.8) is 0 Å². The number of halogens is 2. The Morgan fingerprint density at radius 3 is 2.83 bits per heavy atom. The Morgan fingerprint density at radius 1 is 1.29 bits per heavy atom. The van der Waals surface area contributed by atoms with Gasteiger partial charge in [-0.2, -0.15) is 5.10 Å². The second kappa shape index (κ2) is 6.45. The average Bonchev–Trinajstić information content (AvgIpc) is 3.21. The minimum Gasteiger partial charge on any atom is -0.504 e. The van der Waals surface area contributed by atoms with Crippen molar-refractivity contribution in [2.45, 2.75) is 6.42 Å². The van der Waals surface area contributed by atoms with E-state index in [1.807, 2.05) is 0 Å². The summed E-state index contributed by atoms with van der Waals surface area (Å²) in [6, 6.07) is 6.15. The largest absolute Gasteiger partial charge is 0.504 e. The van der Waals surface area contributed by atoms with Gasteiger partial charge in [0.2, 0.25) is 5.78 Å². The Morgan fingerprint density at radius 2 is 2.12 bits per heavy atom. The number of aromatic amines is 1. The van der Waals surface area contributed by atoms with Gasteiger partial charge < -0.3 is 9.52 Å². The minimum absolute atomic E-state index is 0.0291. The van der Waals surface area contributed by atoms with Gasteiger partial charge in [-0.15, -0.1) is 0 Å². The van der Waals surface area contributed by atoms with Crippen molar-refractivity contribution in [1.82, 2.24) is 15.2 Å². The zero-order chi connectivity index (χ0) is 17.1. The average molecular weight is 331 g/mol. The Kier molecular flexibility index (Phi) is 4.19. The molecule has 0 fully saturated rings. The quantitative estimate of drug-likeness (QED) is 0.426. The number of hydrogen-bond donors (Lipinski definition) is 2. The van der Waals surface area contributed by atoms with Crippen LogP contribution in [0, 0.1) is 11.6 Å². The maximum absolute atomic E-state index is 13.6. The number of aliphatic hydroxyl groups excluding tert-OH is 1. The summed E-state index contributed by atoms with van der Waals surface area (Å²) < 4.78 is 31.8. The molecule has 0 spiro atoms. The number of benzene rings is 1. The number of allylic oxidation sites excluding steroid dienone is 1. The van der Waals surface area contributed by atoms with Crippen molar-refractivity contribution in [3.05, 3.63) is 77.3 Å². The highest BCUT2D eigenvalue weighted by molar-refractivity contribution is 6.05. The number of nitrogens with zero attached hydrogens (tertiary/aromatic N) is 2. The molecule has 0 radical (unpaired) electrons. The maximum atomic E-state index is 13.6. The summed E-state index contributed by atoms with van der Waals surface area (Å²) in [5, 5.41) is 15.7. The second-order valence-corrected chi connectivity index (χ2v) is 4.91. The van der Waals surface area contributed by atoms with Gasteiger partial charge in [-0.05, 0) is 23.8 Å². The third kappa shape index (κ3) is 3.37. The first-order valence-electron chi connectivity index (χ1n) is 6.86. The fourth-order valence-electron chi connectivity index (χ4n) is 2.05. The van der Waals surface area contributed by atoms with Crippen molar-refractivity contribution in [2.75, 3.05) is 0 Å². The van der Waals surface area contributed by atoms with Crippen LogP contribution in [0.15, 0.2) is 47.2 Å². The molecule has 2 aromatic heterocycles. The van der Waals surface area contributed by atoms with Gasteiger partial charge in [0.05, 0.1) is 0 Å². The lowest BCUT2D eigenvalue weighted by atomic mass is 10.1. The maximum Gasteiger partial charge on any atom is 0.224 e. The molecule has 0 aliphatic rings. The first-order chi connectivity index (χ1) is 11.5. The highest BCUT2D eigenvalue weighted by Gasteiger charge is 2.13. The van der Waals surface area contributed by atoms with E-state index in [9.17, 15) is 18.7 Å².